The molecule has 0 saturated carbocycles. The Hall–Kier alpha value is -2.60. The smallest absolute Gasteiger partial charge is 0.339 e. The molecule has 0 saturated heterocycles. The molecule has 0 bridgehead atoms. The summed E-state index contributed by atoms with van der Waals surface area (Å²) in [6.45, 7) is 3.73. The Balaban J connectivity index is 2.02. The summed E-state index contributed by atoms with van der Waals surface area (Å²) < 4.78 is 35.0. The van der Waals surface area contributed by atoms with Crippen LogP contribution in [0.1, 0.15) is 11.1 Å². The fourth-order valence-electron chi connectivity index (χ4n) is 2.36. The van der Waals surface area contributed by atoms with Crippen LogP contribution in [-0.2, 0) is 10.1 Å². The third kappa shape index (κ3) is 3.27. The van der Waals surface area contributed by atoms with Crippen LogP contribution in [0.5, 0.6) is 5.75 Å². The molecule has 0 N–H and O–H groups in total. The molecular weight excluding hydrogens is 316 g/mol. The van der Waals surface area contributed by atoms with Crippen molar-refractivity contribution in [2.24, 2.45) is 0 Å². The van der Waals surface area contributed by atoms with Crippen LogP contribution in [-0.4, -0.2) is 8.42 Å². The zero-order valence-corrected chi connectivity index (χ0v) is 13.4. The van der Waals surface area contributed by atoms with Gasteiger partial charge in [-0.3, -0.25) is 0 Å². The first kappa shape index (κ1) is 15.3. The van der Waals surface area contributed by atoms with Crippen molar-refractivity contribution < 1.29 is 17.0 Å². The maximum atomic E-state index is 12.4. The second-order valence-electron chi connectivity index (χ2n) is 5.31. The van der Waals surface area contributed by atoms with Crippen molar-refractivity contribution in [1.82, 2.24) is 0 Å². The van der Waals surface area contributed by atoms with Gasteiger partial charge in [-0.15, -0.1) is 0 Å². The van der Waals surface area contributed by atoms with E-state index in [1.54, 1.807) is 12.1 Å². The summed E-state index contributed by atoms with van der Waals surface area (Å²) in [7, 11) is -3.97. The third-order valence-electron chi connectivity index (χ3n) is 3.28. The van der Waals surface area contributed by atoms with Crippen LogP contribution in [0, 0.1) is 13.8 Å². The summed E-state index contributed by atoms with van der Waals surface area (Å²) in [5.74, 6) is 0.266. The van der Waals surface area contributed by atoms with Crippen molar-refractivity contribution in [2.45, 2.75) is 18.7 Å². The maximum absolute atomic E-state index is 12.4. The molecule has 1 aromatic heterocycles. The van der Waals surface area contributed by atoms with Crippen LogP contribution in [0.3, 0.4) is 0 Å². The van der Waals surface area contributed by atoms with E-state index in [1.165, 1.54) is 30.3 Å². The van der Waals surface area contributed by atoms with Gasteiger partial charge in [-0.25, -0.2) is 4.79 Å². The topological polar surface area (TPSA) is 73.6 Å². The first-order valence-electron chi connectivity index (χ1n) is 6.90. The molecule has 3 rings (SSSR count). The molecule has 0 atom stereocenters. The Morgan fingerprint density at radius 3 is 2.30 bits per heavy atom. The molecule has 0 aliphatic heterocycles. The molecule has 0 fully saturated rings. The highest BCUT2D eigenvalue weighted by Crippen LogP contribution is 2.23. The Kier molecular flexibility index (Phi) is 3.69. The first-order chi connectivity index (χ1) is 10.8. The van der Waals surface area contributed by atoms with Crippen molar-refractivity contribution in [3.63, 3.8) is 0 Å². The second kappa shape index (κ2) is 5.55. The predicted molar refractivity (Wildman–Crippen MR) is 86.2 cm³/mol. The van der Waals surface area contributed by atoms with Crippen molar-refractivity contribution in [1.29, 1.82) is 0 Å². The highest BCUT2D eigenvalue weighted by molar-refractivity contribution is 7.87. The number of hydrogen-bond acceptors (Lipinski definition) is 5. The normalized spacial score (nSPS) is 11.6. The van der Waals surface area contributed by atoms with Gasteiger partial charge in [-0.05, 0) is 61.4 Å². The van der Waals surface area contributed by atoms with E-state index in [0.717, 1.165) is 11.1 Å². The summed E-state index contributed by atoms with van der Waals surface area (Å²) in [4.78, 5) is 11.2. The van der Waals surface area contributed by atoms with Crippen molar-refractivity contribution in [3.8, 4) is 5.75 Å². The number of rotatable bonds is 3. The fourth-order valence-corrected chi connectivity index (χ4v) is 3.31. The predicted octanol–water partition coefficient (Wildman–Crippen LogP) is 3.18. The van der Waals surface area contributed by atoms with Gasteiger partial charge in [0.15, 0.2) is 0 Å². The van der Waals surface area contributed by atoms with Gasteiger partial charge in [0.05, 0.1) is 0 Å². The van der Waals surface area contributed by atoms with Crippen LogP contribution < -0.4 is 9.81 Å². The van der Waals surface area contributed by atoms with Gasteiger partial charge in [-0.2, -0.15) is 8.42 Å². The van der Waals surface area contributed by atoms with E-state index in [-0.39, 0.29) is 10.6 Å². The molecule has 0 spiro atoms. The number of aryl methyl sites for hydroxylation is 2. The second-order valence-corrected chi connectivity index (χ2v) is 6.86. The maximum Gasteiger partial charge on any atom is 0.339 e. The highest BCUT2D eigenvalue weighted by atomic mass is 32.2. The molecular formula is C17H14O5S. The van der Waals surface area contributed by atoms with E-state index >= 15 is 0 Å². The van der Waals surface area contributed by atoms with E-state index in [1.807, 2.05) is 19.9 Å². The Morgan fingerprint density at radius 1 is 0.913 bits per heavy atom. The Bertz CT molecular complexity index is 1030. The number of benzene rings is 2. The first-order valence-corrected chi connectivity index (χ1v) is 8.31. The molecule has 118 valence electrons. The lowest BCUT2D eigenvalue weighted by atomic mass is 10.1. The molecule has 0 radical (unpaired) electrons. The molecule has 2 aromatic carbocycles. The minimum absolute atomic E-state index is 0.00184. The van der Waals surface area contributed by atoms with Crippen LogP contribution in [0.4, 0.5) is 0 Å². The SMILES string of the molecule is Cc1cc(C)cc(OS(=O)(=O)c2ccc3oc(=O)ccc3c2)c1. The lowest BCUT2D eigenvalue weighted by molar-refractivity contribution is 0.486. The molecule has 1 heterocycles. The molecule has 23 heavy (non-hydrogen) atoms. The third-order valence-corrected chi connectivity index (χ3v) is 4.52. The average molecular weight is 330 g/mol. The Morgan fingerprint density at radius 2 is 1.61 bits per heavy atom. The van der Waals surface area contributed by atoms with E-state index in [0.29, 0.717) is 11.0 Å². The lowest BCUT2D eigenvalue weighted by Gasteiger charge is -2.09. The number of fused-ring (bicyclic) bond motifs is 1. The van der Waals surface area contributed by atoms with Gasteiger partial charge in [0, 0.05) is 11.5 Å². The van der Waals surface area contributed by atoms with E-state index < -0.39 is 15.7 Å². The van der Waals surface area contributed by atoms with Crippen LogP contribution in [0.2, 0.25) is 0 Å². The monoisotopic (exact) mass is 330 g/mol. The fraction of sp³-hybridized carbons (Fsp3) is 0.118. The molecule has 6 heteroatoms. The summed E-state index contributed by atoms with van der Waals surface area (Å²) in [6.07, 6.45) is 0. The van der Waals surface area contributed by atoms with E-state index in [4.69, 9.17) is 8.60 Å². The summed E-state index contributed by atoms with van der Waals surface area (Å²) in [5.41, 5.74) is 1.66. The van der Waals surface area contributed by atoms with Gasteiger partial charge < -0.3 is 8.60 Å². The Labute approximate surface area is 133 Å². The standard InChI is InChI=1S/C17H14O5S/c1-11-7-12(2)9-14(8-11)22-23(19,20)15-4-5-16-13(10-15)3-6-17(18)21-16/h3-10H,1-2H3. The van der Waals surface area contributed by atoms with Crippen molar-refractivity contribution in [2.75, 3.05) is 0 Å². The minimum Gasteiger partial charge on any atom is -0.423 e. The van der Waals surface area contributed by atoms with E-state index in [2.05, 4.69) is 0 Å². The van der Waals surface area contributed by atoms with Gasteiger partial charge in [0.1, 0.15) is 16.2 Å². The van der Waals surface area contributed by atoms with Crippen LogP contribution >= 0.6 is 0 Å². The van der Waals surface area contributed by atoms with Crippen LogP contribution in [0.15, 0.2) is 62.6 Å². The number of hydrogen-bond donors (Lipinski definition) is 0. The summed E-state index contributed by atoms with van der Waals surface area (Å²) in [6, 6.07) is 12.2. The molecule has 0 unspecified atom stereocenters. The molecule has 0 aliphatic rings. The molecule has 0 amide bonds. The molecule has 0 aliphatic carbocycles. The molecule has 5 nitrogen and oxygen atoms in total. The van der Waals surface area contributed by atoms with Crippen molar-refractivity contribution in [3.05, 3.63) is 70.1 Å². The highest BCUT2D eigenvalue weighted by Gasteiger charge is 2.18. The van der Waals surface area contributed by atoms with Crippen LogP contribution in [0.25, 0.3) is 11.0 Å². The summed E-state index contributed by atoms with van der Waals surface area (Å²) in [5, 5.41) is 0.509. The average Bonchev–Trinajstić information content (AvgIpc) is 2.44. The quantitative estimate of drug-likeness (QED) is 0.545. The van der Waals surface area contributed by atoms with Crippen molar-refractivity contribution >= 4 is 21.1 Å². The van der Waals surface area contributed by atoms with Gasteiger partial charge >= 0.3 is 15.7 Å². The van der Waals surface area contributed by atoms with E-state index in [9.17, 15) is 13.2 Å². The lowest BCUT2D eigenvalue weighted by Crippen LogP contribution is -2.10. The van der Waals surface area contributed by atoms with Gasteiger partial charge in [0.2, 0.25) is 0 Å². The van der Waals surface area contributed by atoms with Gasteiger partial charge in [-0.1, -0.05) is 6.07 Å². The minimum atomic E-state index is -3.97. The zero-order valence-electron chi connectivity index (χ0n) is 12.6. The largest absolute Gasteiger partial charge is 0.423 e. The zero-order chi connectivity index (χ0) is 16.6. The molecule has 3 aromatic rings. The summed E-state index contributed by atoms with van der Waals surface area (Å²) >= 11 is 0. The van der Waals surface area contributed by atoms with Gasteiger partial charge in [0.25, 0.3) is 0 Å².